The maximum atomic E-state index is 5.42. The molecular formula is C9H18N2. The van der Waals surface area contributed by atoms with E-state index in [-0.39, 0.29) is 0 Å². The molecule has 0 fully saturated rings. The van der Waals surface area contributed by atoms with Crippen LogP contribution >= 0.6 is 0 Å². The lowest BCUT2D eigenvalue weighted by molar-refractivity contribution is 0.566. The van der Waals surface area contributed by atoms with Gasteiger partial charge in [-0.1, -0.05) is 13.8 Å². The van der Waals surface area contributed by atoms with Crippen LogP contribution < -0.4 is 11.3 Å². The Labute approximate surface area is 68.8 Å². The van der Waals surface area contributed by atoms with E-state index in [0.29, 0.717) is 5.92 Å². The fourth-order valence-corrected chi connectivity index (χ4v) is 1.73. The summed E-state index contributed by atoms with van der Waals surface area (Å²) in [4.78, 5) is 0. The third kappa shape index (κ3) is 1.96. The van der Waals surface area contributed by atoms with Gasteiger partial charge >= 0.3 is 0 Å². The molecule has 0 bridgehead atoms. The molecule has 0 unspecified atom stereocenters. The Morgan fingerprint density at radius 2 is 1.91 bits per heavy atom. The van der Waals surface area contributed by atoms with Gasteiger partial charge in [-0.05, 0) is 37.2 Å². The molecule has 0 saturated heterocycles. The molecule has 1 aliphatic rings. The van der Waals surface area contributed by atoms with Crippen molar-refractivity contribution >= 4 is 0 Å². The van der Waals surface area contributed by atoms with E-state index in [0.717, 1.165) is 6.42 Å². The summed E-state index contributed by atoms with van der Waals surface area (Å²) in [6.07, 6.45) is 5.00. The molecule has 0 aromatic heterocycles. The molecule has 0 aromatic rings. The van der Waals surface area contributed by atoms with Crippen LogP contribution in [-0.4, -0.2) is 0 Å². The second kappa shape index (κ2) is 3.77. The number of rotatable bonds is 2. The van der Waals surface area contributed by atoms with Crippen molar-refractivity contribution in [3.63, 3.8) is 0 Å². The van der Waals surface area contributed by atoms with E-state index in [9.17, 15) is 0 Å². The minimum Gasteiger partial charge on any atom is -0.328 e. The number of hydrogen-bond acceptors (Lipinski definition) is 2. The van der Waals surface area contributed by atoms with Crippen LogP contribution in [0.1, 0.15) is 39.5 Å². The summed E-state index contributed by atoms with van der Waals surface area (Å²) in [7, 11) is 0. The lowest BCUT2D eigenvalue weighted by Gasteiger charge is -2.22. The summed E-state index contributed by atoms with van der Waals surface area (Å²) in [6.45, 7) is 4.47. The first-order chi connectivity index (χ1) is 5.25. The quantitative estimate of drug-likeness (QED) is 0.471. The van der Waals surface area contributed by atoms with Gasteiger partial charge in [-0.15, -0.1) is 0 Å². The zero-order chi connectivity index (χ0) is 8.27. The number of nitrogens with two attached hydrogens (primary N) is 1. The summed E-state index contributed by atoms with van der Waals surface area (Å²) in [5, 5.41) is 0. The van der Waals surface area contributed by atoms with Gasteiger partial charge in [-0.25, -0.2) is 0 Å². The van der Waals surface area contributed by atoms with Crippen LogP contribution in [0.25, 0.3) is 0 Å². The van der Waals surface area contributed by atoms with E-state index >= 15 is 0 Å². The maximum absolute atomic E-state index is 5.42. The average Bonchev–Trinajstić information content (AvgIpc) is 2.04. The normalized spacial score (nSPS) is 19.3. The van der Waals surface area contributed by atoms with Crippen molar-refractivity contribution in [3.05, 3.63) is 11.3 Å². The molecule has 64 valence electrons. The van der Waals surface area contributed by atoms with Crippen molar-refractivity contribution in [3.8, 4) is 0 Å². The highest BCUT2D eigenvalue weighted by molar-refractivity contribution is 5.16. The minimum atomic E-state index is 0.654. The Kier molecular flexibility index (Phi) is 2.94. The monoisotopic (exact) mass is 154 g/mol. The highest BCUT2D eigenvalue weighted by Gasteiger charge is 2.13. The molecule has 0 radical (unpaired) electrons. The first-order valence-corrected chi connectivity index (χ1v) is 4.44. The molecule has 0 aliphatic heterocycles. The van der Waals surface area contributed by atoms with Gasteiger partial charge in [-0.2, -0.15) is 0 Å². The van der Waals surface area contributed by atoms with Gasteiger partial charge in [0, 0.05) is 5.70 Å². The van der Waals surface area contributed by atoms with Crippen molar-refractivity contribution in [2.45, 2.75) is 39.5 Å². The molecule has 3 N–H and O–H groups in total. The Morgan fingerprint density at radius 1 is 1.27 bits per heavy atom. The zero-order valence-corrected chi connectivity index (χ0v) is 7.48. The molecular weight excluding hydrogens is 136 g/mol. The molecule has 0 aromatic carbocycles. The highest BCUT2D eigenvalue weighted by Crippen LogP contribution is 2.27. The standard InChI is InChI=1S/C9H18N2/c1-7(2)8-5-3-4-6-9(8)11-10/h7,11H,3-6,10H2,1-2H3. The molecule has 0 heterocycles. The number of hydrazine groups is 1. The smallest absolute Gasteiger partial charge is 0.0253 e. The molecule has 0 amide bonds. The van der Waals surface area contributed by atoms with Gasteiger partial charge in [0.05, 0.1) is 0 Å². The van der Waals surface area contributed by atoms with E-state index in [4.69, 9.17) is 5.84 Å². The van der Waals surface area contributed by atoms with E-state index in [1.165, 1.54) is 30.5 Å². The first-order valence-electron chi connectivity index (χ1n) is 4.44. The predicted molar refractivity (Wildman–Crippen MR) is 47.7 cm³/mol. The first kappa shape index (κ1) is 8.60. The summed E-state index contributed by atoms with van der Waals surface area (Å²) in [5.74, 6) is 6.08. The minimum absolute atomic E-state index is 0.654. The molecule has 0 spiro atoms. The van der Waals surface area contributed by atoms with E-state index < -0.39 is 0 Å². The van der Waals surface area contributed by atoms with Crippen molar-refractivity contribution in [1.29, 1.82) is 0 Å². The van der Waals surface area contributed by atoms with E-state index in [1.807, 2.05) is 0 Å². The van der Waals surface area contributed by atoms with Crippen molar-refractivity contribution < 1.29 is 0 Å². The Hall–Kier alpha value is -0.500. The zero-order valence-electron chi connectivity index (χ0n) is 7.48. The predicted octanol–water partition coefficient (Wildman–Crippen LogP) is 1.93. The lowest BCUT2D eigenvalue weighted by Crippen LogP contribution is -2.25. The van der Waals surface area contributed by atoms with Crippen LogP contribution in [0.4, 0.5) is 0 Å². The third-order valence-corrected chi connectivity index (χ3v) is 2.38. The second-order valence-corrected chi connectivity index (χ2v) is 3.51. The lowest BCUT2D eigenvalue weighted by atomic mass is 9.89. The van der Waals surface area contributed by atoms with Crippen LogP contribution in [0.2, 0.25) is 0 Å². The van der Waals surface area contributed by atoms with E-state index in [1.54, 1.807) is 0 Å². The molecule has 0 atom stereocenters. The largest absolute Gasteiger partial charge is 0.328 e. The molecule has 1 aliphatic carbocycles. The van der Waals surface area contributed by atoms with Gasteiger partial charge in [0.15, 0.2) is 0 Å². The Bertz CT molecular complexity index is 159. The third-order valence-electron chi connectivity index (χ3n) is 2.38. The number of hydrogen-bond donors (Lipinski definition) is 2. The van der Waals surface area contributed by atoms with Crippen LogP contribution in [0.15, 0.2) is 11.3 Å². The van der Waals surface area contributed by atoms with Crippen LogP contribution in [0.3, 0.4) is 0 Å². The summed E-state index contributed by atoms with van der Waals surface area (Å²) in [5.41, 5.74) is 5.63. The van der Waals surface area contributed by atoms with E-state index in [2.05, 4.69) is 19.3 Å². The van der Waals surface area contributed by atoms with Crippen molar-refractivity contribution in [2.75, 3.05) is 0 Å². The Morgan fingerprint density at radius 3 is 2.36 bits per heavy atom. The summed E-state index contributed by atoms with van der Waals surface area (Å²) >= 11 is 0. The molecule has 11 heavy (non-hydrogen) atoms. The SMILES string of the molecule is CC(C)C1=C(NN)CCCC1. The molecule has 0 saturated carbocycles. The number of allylic oxidation sites excluding steroid dienone is 2. The maximum Gasteiger partial charge on any atom is 0.0253 e. The van der Waals surface area contributed by atoms with Crippen LogP contribution in [0.5, 0.6) is 0 Å². The van der Waals surface area contributed by atoms with Gasteiger partial charge in [-0.3, -0.25) is 5.84 Å². The van der Waals surface area contributed by atoms with Gasteiger partial charge in [0.25, 0.3) is 0 Å². The number of nitrogens with one attached hydrogen (secondary N) is 1. The summed E-state index contributed by atoms with van der Waals surface area (Å²) < 4.78 is 0. The van der Waals surface area contributed by atoms with Crippen molar-refractivity contribution in [1.82, 2.24) is 5.43 Å². The Balaban J connectivity index is 2.73. The highest BCUT2D eigenvalue weighted by atomic mass is 15.2. The fraction of sp³-hybridized carbons (Fsp3) is 0.778. The van der Waals surface area contributed by atoms with Gasteiger partial charge < -0.3 is 5.43 Å². The van der Waals surface area contributed by atoms with Crippen molar-refractivity contribution in [2.24, 2.45) is 11.8 Å². The van der Waals surface area contributed by atoms with Gasteiger partial charge in [0.2, 0.25) is 0 Å². The molecule has 2 nitrogen and oxygen atoms in total. The van der Waals surface area contributed by atoms with Crippen LogP contribution in [-0.2, 0) is 0 Å². The fourth-order valence-electron chi connectivity index (χ4n) is 1.73. The molecule has 2 heteroatoms. The topological polar surface area (TPSA) is 38.0 Å². The second-order valence-electron chi connectivity index (χ2n) is 3.51. The van der Waals surface area contributed by atoms with Gasteiger partial charge in [0.1, 0.15) is 0 Å². The molecule has 1 rings (SSSR count). The average molecular weight is 154 g/mol. The van der Waals surface area contributed by atoms with Crippen LogP contribution in [0, 0.1) is 5.92 Å². The summed E-state index contributed by atoms with van der Waals surface area (Å²) in [6, 6.07) is 0.